The lowest BCUT2D eigenvalue weighted by Crippen LogP contribution is -2.20. The first-order valence-corrected chi connectivity index (χ1v) is 7.86. The molecule has 1 amide bonds. The highest BCUT2D eigenvalue weighted by Gasteiger charge is 2.24. The average Bonchev–Trinajstić information content (AvgIpc) is 3.14. The van der Waals surface area contributed by atoms with Gasteiger partial charge in [-0.05, 0) is 29.8 Å². The summed E-state index contributed by atoms with van der Waals surface area (Å²) in [5.41, 5.74) is 5.14. The summed E-state index contributed by atoms with van der Waals surface area (Å²) in [5, 5.41) is 3.03. The van der Waals surface area contributed by atoms with Crippen LogP contribution in [-0.4, -0.2) is 22.9 Å². The van der Waals surface area contributed by atoms with Gasteiger partial charge in [0.15, 0.2) is 0 Å². The number of fused-ring (bicyclic) bond motifs is 1. The fourth-order valence-electron chi connectivity index (χ4n) is 2.66. The van der Waals surface area contributed by atoms with Gasteiger partial charge in [0, 0.05) is 41.6 Å². The van der Waals surface area contributed by atoms with E-state index in [1.807, 2.05) is 31.3 Å². The molecular formula is C17H13N3OS. The lowest BCUT2D eigenvalue weighted by atomic mass is 10.1. The first-order valence-electron chi connectivity index (χ1n) is 6.98. The van der Waals surface area contributed by atoms with Crippen LogP contribution in [0.15, 0.2) is 48.1 Å². The topological polar surface area (TPSA) is 46.1 Å². The van der Waals surface area contributed by atoms with Gasteiger partial charge in [-0.15, -0.1) is 11.3 Å². The number of hydrogen-bond donors (Lipinski definition) is 0. The van der Waals surface area contributed by atoms with Crippen LogP contribution in [0.5, 0.6) is 0 Å². The van der Waals surface area contributed by atoms with Crippen LogP contribution in [-0.2, 0) is 11.2 Å². The average molecular weight is 307 g/mol. The van der Waals surface area contributed by atoms with Crippen LogP contribution in [0.2, 0.25) is 0 Å². The highest BCUT2D eigenvalue weighted by molar-refractivity contribution is 7.13. The molecule has 0 atom stereocenters. The number of nitrogens with zero attached hydrogens (tertiary/aromatic N) is 3. The zero-order valence-electron chi connectivity index (χ0n) is 12.0. The minimum Gasteiger partial charge on any atom is -0.315 e. The van der Waals surface area contributed by atoms with E-state index in [0.29, 0.717) is 6.42 Å². The van der Waals surface area contributed by atoms with E-state index in [2.05, 4.69) is 16.4 Å². The van der Waals surface area contributed by atoms with E-state index >= 15 is 0 Å². The maximum Gasteiger partial charge on any atom is 0.231 e. The van der Waals surface area contributed by atoms with Gasteiger partial charge in [-0.25, -0.2) is 4.98 Å². The predicted molar refractivity (Wildman–Crippen MR) is 87.9 cm³/mol. The highest BCUT2D eigenvalue weighted by atomic mass is 32.1. The number of anilines is 1. The van der Waals surface area contributed by atoms with Crippen molar-refractivity contribution in [3.05, 3.63) is 53.7 Å². The van der Waals surface area contributed by atoms with Crippen molar-refractivity contribution in [1.29, 1.82) is 0 Å². The van der Waals surface area contributed by atoms with Crippen LogP contribution >= 0.6 is 11.3 Å². The van der Waals surface area contributed by atoms with Gasteiger partial charge in [0.25, 0.3) is 0 Å². The summed E-state index contributed by atoms with van der Waals surface area (Å²) in [6.45, 7) is 0. The van der Waals surface area contributed by atoms with Crippen LogP contribution in [0, 0.1) is 0 Å². The summed E-state index contributed by atoms with van der Waals surface area (Å²) in [4.78, 5) is 22.2. The lowest BCUT2D eigenvalue weighted by Gasteiger charge is -2.09. The third-order valence-electron chi connectivity index (χ3n) is 3.88. The first-order chi connectivity index (χ1) is 10.7. The molecule has 108 valence electrons. The standard InChI is InChI=1S/C17H13N3OS/c1-20-15-3-2-12(8-13(15)9-16(20)21)14-10-22-17(19-14)11-4-6-18-7-5-11/h2-8,10H,9H2,1H3. The zero-order valence-corrected chi connectivity index (χ0v) is 12.8. The summed E-state index contributed by atoms with van der Waals surface area (Å²) in [5.74, 6) is 0.142. The first kappa shape index (κ1) is 13.2. The quantitative estimate of drug-likeness (QED) is 0.729. The molecule has 0 radical (unpaired) electrons. The minimum atomic E-state index is 0.142. The molecule has 0 saturated carbocycles. The largest absolute Gasteiger partial charge is 0.315 e. The van der Waals surface area contributed by atoms with Crippen molar-refractivity contribution in [2.45, 2.75) is 6.42 Å². The fourth-order valence-corrected chi connectivity index (χ4v) is 3.50. The van der Waals surface area contributed by atoms with Gasteiger partial charge in [0.05, 0.1) is 12.1 Å². The summed E-state index contributed by atoms with van der Waals surface area (Å²) in [7, 11) is 1.82. The van der Waals surface area contributed by atoms with Gasteiger partial charge >= 0.3 is 0 Å². The molecule has 1 aliphatic heterocycles. The molecule has 0 N–H and O–H groups in total. The van der Waals surface area contributed by atoms with Gasteiger partial charge in [-0.1, -0.05) is 6.07 Å². The molecule has 4 rings (SSSR count). The van der Waals surface area contributed by atoms with E-state index in [4.69, 9.17) is 4.98 Å². The Balaban J connectivity index is 1.71. The molecule has 5 heteroatoms. The van der Waals surface area contributed by atoms with E-state index in [1.54, 1.807) is 28.6 Å². The van der Waals surface area contributed by atoms with Crippen molar-refractivity contribution in [3.63, 3.8) is 0 Å². The molecule has 3 aromatic rings. The minimum absolute atomic E-state index is 0.142. The van der Waals surface area contributed by atoms with Crippen molar-refractivity contribution in [2.24, 2.45) is 0 Å². The van der Waals surface area contributed by atoms with Crippen molar-refractivity contribution in [3.8, 4) is 21.8 Å². The van der Waals surface area contributed by atoms with Gasteiger partial charge in [0.2, 0.25) is 5.91 Å². The molecule has 1 aliphatic rings. The molecule has 0 aliphatic carbocycles. The fraction of sp³-hybridized carbons (Fsp3) is 0.118. The Morgan fingerprint density at radius 3 is 2.77 bits per heavy atom. The number of amides is 1. The van der Waals surface area contributed by atoms with Crippen molar-refractivity contribution in [2.75, 3.05) is 11.9 Å². The van der Waals surface area contributed by atoms with E-state index in [9.17, 15) is 4.79 Å². The number of thiazole rings is 1. The molecule has 4 nitrogen and oxygen atoms in total. The molecule has 0 saturated heterocycles. The summed E-state index contributed by atoms with van der Waals surface area (Å²) in [6.07, 6.45) is 4.02. The Labute approximate surface area is 132 Å². The number of hydrogen-bond acceptors (Lipinski definition) is 4. The normalized spacial score (nSPS) is 13.5. The third-order valence-corrected chi connectivity index (χ3v) is 4.78. The van der Waals surface area contributed by atoms with Crippen molar-refractivity contribution in [1.82, 2.24) is 9.97 Å². The van der Waals surface area contributed by atoms with Gasteiger partial charge in [0.1, 0.15) is 5.01 Å². The number of pyridine rings is 1. The molecule has 1 aromatic carbocycles. The number of carbonyl (C=O) groups is 1. The van der Waals surface area contributed by atoms with E-state index < -0.39 is 0 Å². The second-order valence-electron chi connectivity index (χ2n) is 5.25. The summed E-state index contributed by atoms with van der Waals surface area (Å²) in [6, 6.07) is 10.0. The molecular weight excluding hydrogens is 294 g/mol. The highest BCUT2D eigenvalue weighted by Crippen LogP contribution is 2.34. The van der Waals surface area contributed by atoms with Gasteiger partial charge < -0.3 is 4.90 Å². The number of carbonyl (C=O) groups excluding carboxylic acids is 1. The Bertz CT molecular complexity index is 857. The van der Waals surface area contributed by atoms with Gasteiger partial charge in [-0.2, -0.15) is 0 Å². The van der Waals surface area contributed by atoms with Crippen molar-refractivity contribution >= 4 is 22.9 Å². The SMILES string of the molecule is CN1C(=O)Cc2cc(-c3csc(-c4ccncc4)n3)ccc21. The Hall–Kier alpha value is -2.53. The Kier molecular flexibility index (Phi) is 3.01. The van der Waals surface area contributed by atoms with Crippen LogP contribution in [0.4, 0.5) is 5.69 Å². The monoisotopic (exact) mass is 307 g/mol. The molecule has 0 fully saturated rings. The lowest BCUT2D eigenvalue weighted by molar-refractivity contribution is -0.117. The maximum absolute atomic E-state index is 11.8. The van der Waals surface area contributed by atoms with Crippen molar-refractivity contribution < 1.29 is 4.79 Å². The van der Waals surface area contributed by atoms with Crippen LogP contribution in [0.3, 0.4) is 0 Å². The summed E-state index contributed by atoms with van der Waals surface area (Å²) >= 11 is 1.62. The molecule has 0 unspecified atom stereocenters. The Morgan fingerprint density at radius 1 is 1.14 bits per heavy atom. The second kappa shape index (κ2) is 5.03. The molecule has 22 heavy (non-hydrogen) atoms. The smallest absolute Gasteiger partial charge is 0.231 e. The van der Waals surface area contributed by atoms with Crippen LogP contribution < -0.4 is 4.90 Å². The zero-order chi connectivity index (χ0) is 15.1. The maximum atomic E-state index is 11.8. The molecule has 0 bridgehead atoms. The molecule has 0 spiro atoms. The molecule has 3 heterocycles. The van der Waals surface area contributed by atoms with E-state index in [-0.39, 0.29) is 5.91 Å². The Morgan fingerprint density at radius 2 is 1.95 bits per heavy atom. The number of benzene rings is 1. The number of rotatable bonds is 2. The van der Waals surface area contributed by atoms with E-state index in [0.717, 1.165) is 33.1 Å². The van der Waals surface area contributed by atoms with Gasteiger partial charge in [-0.3, -0.25) is 9.78 Å². The number of likely N-dealkylation sites (N-methyl/N-ethyl adjacent to an activating group) is 1. The second-order valence-corrected chi connectivity index (χ2v) is 6.10. The predicted octanol–water partition coefficient (Wildman–Crippen LogP) is 3.39. The molecule has 2 aromatic heterocycles. The third kappa shape index (κ3) is 2.10. The number of aromatic nitrogens is 2. The van der Waals surface area contributed by atoms with E-state index in [1.165, 1.54) is 0 Å². The van der Waals surface area contributed by atoms with Crippen LogP contribution in [0.1, 0.15) is 5.56 Å². The summed E-state index contributed by atoms with van der Waals surface area (Å²) < 4.78 is 0. The van der Waals surface area contributed by atoms with Crippen LogP contribution in [0.25, 0.3) is 21.8 Å².